The van der Waals surface area contributed by atoms with Crippen LogP contribution in [0.5, 0.6) is 11.5 Å². The molecule has 0 aliphatic heterocycles. The van der Waals surface area contributed by atoms with Crippen molar-refractivity contribution in [2.24, 2.45) is 5.92 Å². The van der Waals surface area contributed by atoms with Crippen molar-refractivity contribution in [3.05, 3.63) is 75.7 Å². The average Bonchev–Trinajstić information content (AvgIpc) is 3.19. The highest BCUT2D eigenvalue weighted by Gasteiger charge is 2.19. The molecule has 158 valence electrons. The largest absolute Gasteiger partial charge is 0.497 e. The van der Waals surface area contributed by atoms with Crippen molar-refractivity contribution >= 4 is 17.2 Å². The third-order valence-corrected chi connectivity index (χ3v) is 5.40. The summed E-state index contributed by atoms with van der Waals surface area (Å²) in [5, 5.41) is 2.89. The number of aromatic nitrogens is 1. The van der Waals surface area contributed by atoms with Crippen LogP contribution in [0.1, 0.15) is 40.5 Å². The zero-order valence-corrected chi connectivity index (χ0v) is 18.7. The minimum absolute atomic E-state index is 0.0203. The first-order valence-corrected chi connectivity index (χ1v) is 10.9. The molecular formula is C24H28N2O3S. The molecule has 1 heterocycles. The molecule has 3 rings (SSSR count). The van der Waals surface area contributed by atoms with Gasteiger partial charge in [-0.25, -0.2) is 4.98 Å². The lowest BCUT2D eigenvalue weighted by Gasteiger charge is -2.24. The third-order valence-electron chi connectivity index (χ3n) is 4.52. The molecule has 6 heteroatoms. The first-order chi connectivity index (χ1) is 14.4. The molecule has 0 aliphatic carbocycles. The molecule has 30 heavy (non-hydrogen) atoms. The number of aryl methyl sites for hydroxylation is 1. The maximum atomic E-state index is 13.1. The first kappa shape index (κ1) is 21.8. The lowest BCUT2D eigenvalue weighted by molar-refractivity contribution is 0.0720. The summed E-state index contributed by atoms with van der Waals surface area (Å²) in [6, 6.07) is 15.2. The highest BCUT2D eigenvalue weighted by atomic mass is 32.1. The molecule has 0 fully saturated rings. The predicted octanol–water partition coefficient (Wildman–Crippen LogP) is 5.34. The fourth-order valence-electron chi connectivity index (χ4n) is 3.06. The van der Waals surface area contributed by atoms with Crippen molar-refractivity contribution in [3.8, 4) is 11.5 Å². The fourth-order valence-corrected chi connectivity index (χ4v) is 3.76. The van der Waals surface area contributed by atoms with E-state index in [1.807, 2.05) is 59.7 Å². The van der Waals surface area contributed by atoms with Gasteiger partial charge in [-0.05, 0) is 43.2 Å². The highest BCUT2D eigenvalue weighted by Crippen LogP contribution is 2.20. The number of hydrogen-bond acceptors (Lipinski definition) is 5. The van der Waals surface area contributed by atoms with Crippen LogP contribution in [0.3, 0.4) is 0 Å². The van der Waals surface area contributed by atoms with Gasteiger partial charge in [0.05, 0.1) is 19.3 Å². The van der Waals surface area contributed by atoms with Crippen molar-refractivity contribution in [1.82, 2.24) is 9.88 Å². The quantitative estimate of drug-likeness (QED) is 0.465. The van der Waals surface area contributed by atoms with E-state index in [0.717, 1.165) is 16.5 Å². The summed E-state index contributed by atoms with van der Waals surface area (Å²) in [5.41, 5.74) is 2.69. The lowest BCUT2D eigenvalue weighted by atomic mass is 10.1. The van der Waals surface area contributed by atoms with Gasteiger partial charge >= 0.3 is 0 Å². The summed E-state index contributed by atoms with van der Waals surface area (Å²) in [7, 11) is 1.60. The van der Waals surface area contributed by atoms with Crippen molar-refractivity contribution in [2.45, 2.75) is 33.9 Å². The van der Waals surface area contributed by atoms with Gasteiger partial charge in [-0.1, -0.05) is 37.6 Å². The molecule has 0 unspecified atom stereocenters. The number of carbonyl (C=O) groups excluding carboxylic acids is 1. The molecule has 3 aromatic rings. The van der Waals surface area contributed by atoms with Crippen LogP contribution in [0.15, 0.2) is 53.9 Å². The number of rotatable bonds is 9. The third kappa shape index (κ3) is 6.07. The van der Waals surface area contributed by atoms with Crippen LogP contribution in [0.4, 0.5) is 0 Å². The number of ether oxygens (including phenoxy) is 2. The summed E-state index contributed by atoms with van der Waals surface area (Å²) in [6.45, 7) is 7.80. The van der Waals surface area contributed by atoms with Crippen LogP contribution in [-0.2, 0) is 13.2 Å². The van der Waals surface area contributed by atoms with Gasteiger partial charge in [0.1, 0.15) is 23.1 Å². The van der Waals surface area contributed by atoms with E-state index in [-0.39, 0.29) is 5.91 Å². The fraction of sp³-hybridized carbons (Fsp3) is 0.333. The maximum Gasteiger partial charge on any atom is 0.254 e. The molecule has 1 amide bonds. The van der Waals surface area contributed by atoms with Crippen LogP contribution in [0.2, 0.25) is 0 Å². The smallest absolute Gasteiger partial charge is 0.254 e. The van der Waals surface area contributed by atoms with Gasteiger partial charge in [0.15, 0.2) is 0 Å². The number of carbonyl (C=O) groups is 1. The molecule has 0 aliphatic rings. The lowest BCUT2D eigenvalue weighted by Crippen LogP contribution is -2.33. The number of methoxy groups -OCH3 is 1. The van der Waals surface area contributed by atoms with Crippen molar-refractivity contribution in [2.75, 3.05) is 13.7 Å². The number of thiazole rings is 1. The zero-order chi connectivity index (χ0) is 21.5. The van der Waals surface area contributed by atoms with Crippen molar-refractivity contribution in [3.63, 3.8) is 0 Å². The second-order valence-electron chi connectivity index (χ2n) is 7.65. The Hall–Kier alpha value is -2.86. The maximum absolute atomic E-state index is 13.1. The summed E-state index contributed by atoms with van der Waals surface area (Å²) in [6.07, 6.45) is 0. The normalized spacial score (nSPS) is 10.8. The van der Waals surface area contributed by atoms with Crippen LogP contribution < -0.4 is 9.47 Å². The van der Waals surface area contributed by atoms with Gasteiger partial charge in [-0.15, -0.1) is 11.3 Å². The molecule has 0 bridgehead atoms. The van der Waals surface area contributed by atoms with Gasteiger partial charge in [0, 0.05) is 17.5 Å². The summed E-state index contributed by atoms with van der Waals surface area (Å²) in [4.78, 5) is 19.6. The molecule has 0 saturated carbocycles. The van der Waals surface area contributed by atoms with Crippen LogP contribution in [-0.4, -0.2) is 29.4 Å². The predicted molar refractivity (Wildman–Crippen MR) is 120 cm³/mol. The van der Waals surface area contributed by atoms with Crippen LogP contribution in [0, 0.1) is 12.8 Å². The van der Waals surface area contributed by atoms with E-state index in [0.29, 0.717) is 36.9 Å². The summed E-state index contributed by atoms with van der Waals surface area (Å²) < 4.78 is 11.1. The molecular weight excluding hydrogens is 396 g/mol. The molecule has 0 atom stereocenters. The average molecular weight is 425 g/mol. The molecule has 5 nitrogen and oxygen atoms in total. The van der Waals surface area contributed by atoms with Gasteiger partial charge in [-0.3, -0.25) is 4.79 Å². The van der Waals surface area contributed by atoms with Crippen molar-refractivity contribution in [1.29, 1.82) is 0 Å². The second kappa shape index (κ2) is 10.3. The monoisotopic (exact) mass is 424 g/mol. The highest BCUT2D eigenvalue weighted by molar-refractivity contribution is 7.09. The van der Waals surface area contributed by atoms with E-state index in [2.05, 4.69) is 18.8 Å². The summed E-state index contributed by atoms with van der Waals surface area (Å²) >= 11 is 1.55. The van der Waals surface area contributed by atoms with Gasteiger partial charge in [0.25, 0.3) is 5.91 Å². The van der Waals surface area contributed by atoms with E-state index in [1.54, 1.807) is 24.5 Å². The Morgan fingerprint density at radius 2 is 1.90 bits per heavy atom. The van der Waals surface area contributed by atoms with Crippen LogP contribution >= 0.6 is 11.3 Å². The van der Waals surface area contributed by atoms with Crippen LogP contribution in [0.25, 0.3) is 0 Å². The Kier molecular flexibility index (Phi) is 7.46. The Balaban J connectivity index is 1.67. The zero-order valence-electron chi connectivity index (χ0n) is 17.9. The Bertz CT molecular complexity index is 967. The van der Waals surface area contributed by atoms with E-state index >= 15 is 0 Å². The number of hydrogen-bond donors (Lipinski definition) is 0. The van der Waals surface area contributed by atoms with E-state index in [9.17, 15) is 4.79 Å². The SMILES string of the molecule is COc1cccc(C(=O)N(Cc2csc(COc3ccc(C)cc3)n2)CC(C)C)c1. The standard InChI is InChI=1S/C24H28N2O3S/c1-17(2)13-26(24(27)19-6-5-7-22(12-19)28-4)14-20-16-30-23(25-20)15-29-21-10-8-18(3)9-11-21/h5-12,16-17H,13-15H2,1-4H3. The Morgan fingerprint density at radius 3 is 2.60 bits per heavy atom. The Morgan fingerprint density at radius 1 is 1.13 bits per heavy atom. The minimum atomic E-state index is -0.0203. The van der Waals surface area contributed by atoms with Gasteiger partial charge in [-0.2, -0.15) is 0 Å². The topological polar surface area (TPSA) is 51.7 Å². The minimum Gasteiger partial charge on any atom is -0.497 e. The Labute approximate surface area is 182 Å². The van der Waals surface area contributed by atoms with Gasteiger partial charge < -0.3 is 14.4 Å². The molecule has 1 aromatic heterocycles. The second-order valence-corrected chi connectivity index (χ2v) is 8.59. The first-order valence-electron chi connectivity index (χ1n) is 10.0. The number of benzene rings is 2. The van der Waals surface area contributed by atoms with Gasteiger partial charge in [0.2, 0.25) is 0 Å². The summed E-state index contributed by atoms with van der Waals surface area (Å²) in [5.74, 6) is 1.83. The molecule has 2 aromatic carbocycles. The molecule has 0 N–H and O–H groups in total. The molecule has 0 radical (unpaired) electrons. The van der Waals surface area contributed by atoms with E-state index in [1.165, 1.54) is 5.56 Å². The van der Waals surface area contributed by atoms with Crippen molar-refractivity contribution < 1.29 is 14.3 Å². The van der Waals surface area contributed by atoms with E-state index < -0.39 is 0 Å². The number of amides is 1. The van der Waals surface area contributed by atoms with E-state index in [4.69, 9.17) is 9.47 Å². The molecule has 0 spiro atoms. The number of nitrogens with zero attached hydrogens (tertiary/aromatic N) is 2. The molecule has 0 saturated heterocycles.